The number of hydrogen-bond acceptors (Lipinski definition) is 2. The summed E-state index contributed by atoms with van der Waals surface area (Å²) in [5, 5.41) is 3.78. The van der Waals surface area contributed by atoms with Gasteiger partial charge in [-0.25, -0.2) is 0 Å². The van der Waals surface area contributed by atoms with Crippen LogP contribution in [-0.2, 0) is 17.8 Å². The van der Waals surface area contributed by atoms with Gasteiger partial charge in [0.15, 0.2) is 6.54 Å². The van der Waals surface area contributed by atoms with Crippen molar-refractivity contribution in [1.82, 2.24) is 5.32 Å². The van der Waals surface area contributed by atoms with Crippen LogP contribution in [0, 0.1) is 0 Å². The molecule has 5 heteroatoms. The molecule has 2 aromatic rings. The number of methoxy groups -OCH3 is 1. The molecular formula is C21H26ClN2O2+. The lowest BCUT2D eigenvalue weighted by Gasteiger charge is -2.19. The van der Waals surface area contributed by atoms with Crippen molar-refractivity contribution in [3.8, 4) is 5.75 Å². The van der Waals surface area contributed by atoms with Crippen LogP contribution in [0.15, 0.2) is 48.5 Å². The SMILES string of the molecule is COc1ccc(C[NH+](CC(=O)NCCc2cccc(Cl)c2)C2CC2)cc1. The summed E-state index contributed by atoms with van der Waals surface area (Å²) in [7, 11) is 1.67. The van der Waals surface area contributed by atoms with Crippen LogP contribution in [0.2, 0.25) is 5.02 Å². The van der Waals surface area contributed by atoms with Gasteiger partial charge in [0.2, 0.25) is 0 Å². The maximum atomic E-state index is 12.4. The van der Waals surface area contributed by atoms with Gasteiger partial charge < -0.3 is 15.0 Å². The second-order valence-corrected chi connectivity index (χ2v) is 7.30. The number of amides is 1. The van der Waals surface area contributed by atoms with Crippen molar-refractivity contribution in [3.05, 3.63) is 64.7 Å². The Morgan fingerprint density at radius 2 is 1.96 bits per heavy atom. The average molecular weight is 374 g/mol. The number of nitrogens with one attached hydrogen (secondary N) is 2. The van der Waals surface area contributed by atoms with Crippen molar-refractivity contribution in [1.29, 1.82) is 0 Å². The van der Waals surface area contributed by atoms with Crippen LogP contribution in [0.4, 0.5) is 0 Å². The minimum atomic E-state index is 0.113. The van der Waals surface area contributed by atoms with Gasteiger partial charge in [-0.05, 0) is 48.4 Å². The van der Waals surface area contributed by atoms with Crippen LogP contribution < -0.4 is 15.0 Å². The fourth-order valence-corrected chi connectivity index (χ4v) is 3.37. The van der Waals surface area contributed by atoms with E-state index in [2.05, 4.69) is 17.4 Å². The Kier molecular flexibility index (Phi) is 6.53. The van der Waals surface area contributed by atoms with Crippen molar-refractivity contribution in [2.75, 3.05) is 20.2 Å². The highest BCUT2D eigenvalue weighted by Gasteiger charge is 2.34. The lowest BCUT2D eigenvalue weighted by atomic mass is 10.1. The number of quaternary nitrogens is 1. The third kappa shape index (κ3) is 5.75. The molecular weight excluding hydrogens is 348 g/mol. The Morgan fingerprint density at radius 1 is 1.19 bits per heavy atom. The molecule has 3 rings (SSSR count). The van der Waals surface area contributed by atoms with E-state index in [-0.39, 0.29) is 5.91 Å². The van der Waals surface area contributed by atoms with E-state index in [1.807, 2.05) is 36.4 Å². The molecule has 0 saturated heterocycles. The molecule has 1 saturated carbocycles. The molecule has 2 N–H and O–H groups in total. The zero-order valence-electron chi connectivity index (χ0n) is 15.1. The first-order valence-electron chi connectivity index (χ1n) is 9.12. The highest BCUT2D eigenvalue weighted by molar-refractivity contribution is 6.30. The predicted molar refractivity (Wildman–Crippen MR) is 104 cm³/mol. The molecule has 0 spiro atoms. The maximum Gasteiger partial charge on any atom is 0.275 e. The lowest BCUT2D eigenvalue weighted by Crippen LogP contribution is -3.13. The van der Waals surface area contributed by atoms with Gasteiger partial charge in [0, 0.05) is 30.0 Å². The number of ether oxygens (including phenoxy) is 1. The normalized spacial score (nSPS) is 14.7. The molecule has 1 fully saturated rings. The van der Waals surface area contributed by atoms with Crippen molar-refractivity contribution < 1.29 is 14.4 Å². The summed E-state index contributed by atoms with van der Waals surface area (Å²) in [5.74, 6) is 0.975. The quantitative estimate of drug-likeness (QED) is 0.708. The number of halogens is 1. The van der Waals surface area contributed by atoms with Crippen molar-refractivity contribution in [2.45, 2.75) is 31.8 Å². The van der Waals surface area contributed by atoms with Gasteiger partial charge in [0.05, 0.1) is 13.2 Å². The van der Waals surface area contributed by atoms with E-state index in [4.69, 9.17) is 16.3 Å². The Bertz CT molecular complexity index is 729. The number of benzene rings is 2. The molecule has 0 aliphatic heterocycles. The summed E-state index contributed by atoms with van der Waals surface area (Å²) in [5.41, 5.74) is 2.38. The molecule has 0 aromatic heterocycles. The Balaban J connectivity index is 1.47. The molecule has 2 aromatic carbocycles. The first kappa shape index (κ1) is 18.7. The van der Waals surface area contributed by atoms with E-state index < -0.39 is 0 Å². The van der Waals surface area contributed by atoms with Crippen LogP contribution in [0.1, 0.15) is 24.0 Å². The first-order valence-corrected chi connectivity index (χ1v) is 9.50. The fraction of sp³-hybridized carbons (Fsp3) is 0.381. The van der Waals surface area contributed by atoms with Crippen LogP contribution >= 0.6 is 11.6 Å². The lowest BCUT2D eigenvalue weighted by molar-refractivity contribution is -0.917. The third-order valence-electron chi connectivity index (χ3n) is 4.76. The first-order chi connectivity index (χ1) is 12.6. The van der Waals surface area contributed by atoms with Crippen LogP contribution in [0.25, 0.3) is 0 Å². The van der Waals surface area contributed by atoms with Crippen LogP contribution in [-0.4, -0.2) is 32.1 Å². The number of hydrogen-bond donors (Lipinski definition) is 2. The Labute approximate surface area is 160 Å². The summed E-state index contributed by atoms with van der Waals surface area (Å²) in [4.78, 5) is 13.7. The molecule has 26 heavy (non-hydrogen) atoms. The highest BCUT2D eigenvalue weighted by atomic mass is 35.5. The second-order valence-electron chi connectivity index (χ2n) is 6.86. The van der Waals surface area contributed by atoms with Crippen molar-refractivity contribution >= 4 is 17.5 Å². The summed E-state index contributed by atoms with van der Waals surface area (Å²) in [6.07, 6.45) is 3.21. The minimum Gasteiger partial charge on any atom is -0.497 e. The van der Waals surface area contributed by atoms with Gasteiger partial charge in [-0.15, -0.1) is 0 Å². The highest BCUT2D eigenvalue weighted by Crippen LogP contribution is 2.16. The van der Waals surface area contributed by atoms with Gasteiger partial charge in [-0.3, -0.25) is 4.79 Å². The van der Waals surface area contributed by atoms with Gasteiger partial charge in [0.1, 0.15) is 12.3 Å². The van der Waals surface area contributed by atoms with Gasteiger partial charge in [-0.1, -0.05) is 23.7 Å². The van der Waals surface area contributed by atoms with Gasteiger partial charge >= 0.3 is 0 Å². The van der Waals surface area contributed by atoms with E-state index in [1.165, 1.54) is 23.3 Å². The average Bonchev–Trinajstić information content (AvgIpc) is 3.47. The molecule has 1 amide bonds. The zero-order valence-corrected chi connectivity index (χ0v) is 15.9. The van der Waals surface area contributed by atoms with E-state index in [0.717, 1.165) is 29.3 Å². The van der Waals surface area contributed by atoms with E-state index >= 15 is 0 Å². The second kappa shape index (κ2) is 9.06. The Morgan fingerprint density at radius 3 is 2.62 bits per heavy atom. The van der Waals surface area contributed by atoms with Gasteiger partial charge in [0.25, 0.3) is 5.91 Å². The van der Waals surface area contributed by atoms with Crippen LogP contribution in [0.5, 0.6) is 5.75 Å². The van der Waals surface area contributed by atoms with E-state index in [0.29, 0.717) is 19.1 Å². The van der Waals surface area contributed by atoms with Crippen molar-refractivity contribution in [3.63, 3.8) is 0 Å². The van der Waals surface area contributed by atoms with Gasteiger partial charge in [-0.2, -0.15) is 0 Å². The Hall–Kier alpha value is -2.04. The maximum absolute atomic E-state index is 12.4. The monoisotopic (exact) mass is 373 g/mol. The van der Waals surface area contributed by atoms with Crippen LogP contribution in [0.3, 0.4) is 0 Å². The molecule has 0 radical (unpaired) electrons. The van der Waals surface area contributed by atoms with E-state index in [1.54, 1.807) is 7.11 Å². The standard InChI is InChI=1S/C21H25ClN2O2/c1-26-20-9-5-17(6-10-20)14-24(19-7-8-19)15-21(25)23-12-11-16-3-2-4-18(22)13-16/h2-6,9-10,13,19H,7-8,11-12,14-15H2,1H3,(H,23,25)/p+1. The topological polar surface area (TPSA) is 42.8 Å². The van der Waals surface area contributed by atoms with Crippen molar-refractivity contribution in [2.24, 2.45) is 0 Å². The number of carbonyl (C=O) groups is 1. The summed E-state index contributed by atoms with van der Waals surface area (Å²) in [6.45, 7) is 2.03. The number of carbonyl (C=O) groups excluding carboxylic acids is 1. The fourth-order valence-electron chi connectivity index (χ4n) is 3.16. The summed E-state index contributed by atoms with van der Waals surface area (Å²) >= 11 is 5.99. The predicted octanol–water partition coefficient (Wildman–Crippen LogP) is 2.25. The smallest absolute Gasteiger partial charge is 0.275 e. The van der Waals surface area contributed by atoms with E-state index in [9.17, 15) is 4.79 Å². The summed E-state index contributed by atoms with van der Waals surface area (Å²) in [6, 6.07) is 16.5. The molecule has 1 atom stereocenters. The minimum absolute atomic E-state index is 0.113. The summed E-state index contributed by atoms with van der Waals surface area (Å²) < 4.78 is 5.21. The molecule has 1 unspecified atom stereocenters. The molecule has 0 heterocycles. The zero-order chi connectivity index (χ0) is 18.4. The number of rotatable bonds is 9. The molecule has 0 bridgehead atoms. The molecule has 138 valence electrons. The largest absolute Gasteiger partial charge is 0.497 e. The third-order valence-corrected chi connectivity index (χ3v) is 4.99. The molecule has 1 aliphatic carbocycles. The molecule has 4 nitrogen and oxygen atoms in total. The molecule has 1 aliphatic rings.